The number of anilines is 2. The number of carbonyl (C=O) groups excluding carboxylic acids is 1. The van der Waals surface area contributed by atoms with E-state index in [9.17, 15) is 27.6 Å². The highest BCUT2D eigenvalue weighted by atomic mass is 32.1. The number of cyclic esters (lactones) is 1. The van der Waals surface area contributed by atoms with Gasteiger partial charge in [-0.2, -0.15) is 28.4 Å². The van der Waals surface area contributed by atoms with Crippen molar-refractivity contribution in [3.8, 4) is 23.2 Å². The standard InChI is InChI=1S/C26H19F5N6O3S/c1-36(10-5-11-9-40-25(38)37(11)8-10)23-13-6-15(26(29,30)31)18(19(28)20(13)34-24(35-23)39-2)12-3-4-16(27)21-17(12)14(7-32)22(33)41-21/h3-4,6,10-11H,5,8-9,33H2,1-2H3. The first kappa shape index (κ1) is 26.8. The quantitative estimate of drug-likeness (QED) is 0.318. The molecule has 0 bridgehead atoms. The van der Waals surface area contributed by atoms with Crippen LogP contribution in [0.3, 0.4) is 0 Å². The van der Waals surface area contributed by atoms with Crippen molar-refractivity contribution in [2.24, 2.45) is 0 Å². The molecule has 212 valence electrons. The molecule has 9 nitrogen and oxygen atoms in total. The number of carbonyl (C=O) groups is 1. The Morgan fingerprint density at radius 3 is 2.71 bits per heavy atom. The van der Waals surface area contributed by atoms with Gasteiger partial charge >= 0.3 is 18.3 Å². The number of likely N-dealkylation sites (N-methyl/N-ethyl adjacent to an activating group) is 1. The van der Waals surface area contributed by atoms with Crippen LogP contribution in [0.15, 0.2) is 18.2 Å². The van der Waals surface area contributed by atoms with Gasteiger partial charge in [0.25, 0.3) is 0 Å². The SMILES string of the molecule is COc1nc(N(C)C2CC3COC(=O)N3C2)c2cc(C(F)(F)F)c(-c3ccc(F)c4sc(N)c(C#N)c34)c(F)c2n1. The number of rotatable bonds is 4. The highest BCUT2D eigenvalue weighted by Gasteiger charge is 2.44. The zero-order valence-electron chi connectivity index (χ0n) is 21.3. The van der Waals surface area contributed by atoms with E-state index in [1.165, 1.54) is 12.0 Å². The van der Waals surface area contributed by atoms with Crippen LogP contribution in [0.4, 0.5) is 37.6 Å². The van der Waals surface area contributed by atoms with Gasteiger partial charge in [0, 0.05) is 36.0 Å². The first-order chi connectivity index (χ1) is 19.4. The van der Waals surface area contributed by atoms with Crippen LogP contribution in [-0.2, 0) is 10.9 Å². The van der Waals surface area contributed by atoms with E-state index >= 15 is 4.39 Å². The molecule has 1 amide bonds. The molecule has 0 spiro atoms. The number of aromatic nitrogens is 2. The molecule has 0 radical (unpaired) electrons. The topological polar surface area (TPSA) is 118 Å². The van der Waals surface area contributed by atoms with Gasteiger partial charge < -0.3 is 20.1 Å². The van der Waals surface area contributed by atoms with E-state index in [-0.39, 0.29) is 68.7 Å². The number of fused-ring (bicyclic) bond motifs is 3. The van der Waals surface area contributed by atoms with Crippen molar-refractivity contribution in [2.45, 2.75) is 24.7 Å². The number of thiophene rings is 1. The van der Waals surface area contributed by atoms with Crippen LogP contribution in [-0.4, -0.2) is 60.4 Å². The smallest absolute Gasteiger partial charge is 0.417 e. The third-order valence-corrected chi connectivity index (χ3v) is 8.51. The Morgan fingerprint density at radius 2 is 2.05 bits per heavy atom. The molecule has 15 heteroatoms. The molecule has 6 rings (SSSR count). The van der Waals surface area contributed by atoms with E-state index in [1.807, 2.05) is 0 Å². The fourth-order valence-corrected chi connectivity index (χ4v) is 6.47. The number of halogens is 5. The fraction of sp³-hybridized carbons (Fsp3) is 0.308. The number of hydrogen-bond acceptors (Lipinski definition) is 9. The molecular weight excluding hydrogens is 571 g/mol. The normalized spacial score (nSPS) is 18.6. The third-order valence-electron chi connectivity index (χ3n) is 7.49. The molecule has 4 heterocycles. The summed E-state index contributed by atoms with van der Waals surface area (Å²) in [5.41, 5.74) is 2.49. The molecule has 2 saturated heterocycles. The second-order valence-corrected chi connectivity index (χ2v) is 10.7. The average Bonchev–Trinajstić information content (AvgIpc) is 3.61. The largest absolute Gasteiger partial charge is 0.467 e. The van der Waals surface area contributed by atoms with Crippen molar-refractivity contribution < 1.29 is 36.2 Å². The van der Waals surface area contributed by atoms with E-state index in [0.717, 1.165) is 18.2 Å². The van der Waals surface area contributed by atoms with E-state index < -0.39 is 40.5 Å². The minimum atomic E-state index is -5.07. The van der Waals surface area contributed by atoms with Crippen molar-refractivity contribution >= 4 is 49.2 Å². The molecule has 41 heavy (non-hydrogen) atoms. The molecule has 2 aliphatic rings. The molecule has 2 aliphatic heterocycles. The van der Waals surface area contributed by atoms with Gasteiger partial charge in [0.2, 0.25) is 0 Å². The predicted molar refractivity (Wildman–Crippen MR) is 140 cm³/mol. The number of ether oxygens (including phenoxy) is 2. The summed E-state index contributed by atoms with van der Waals surface area (Å²) in [5.74, 6) is -2.21. The van der Waals surface area contributed by atoms with Gasteiger partial charge in [0.15, 0.2) is 5.82 Å². The lowest BCUT2D eigenvalue weighted by Crippen LogP contribution is -2.36. The Kier molecular flexibility index (Phi) is 6.07. The Labute approximate surface area is 232 Å². The van der Waals surface area contributed by atoms with Gasteiger partial charge in [0.1, 0.15) is 34.8 Å². The summed E-state index contributed by atoms with van der Waals surface area (Å²) < 4.78 is 85.0. The van der Waals surface area contributed by atoms with Gasteiger partial charge in [0.05, 0.1) is 29.0 Å². The number of nitrogens with two attached hydrogens (primary N) is 1. The number of alkyl halides is 3. The van der Waals surface area contributed by atoms with Crippen LogP contribution in [0, 0.1) is 23.0 Å². The lowest BCUT2D eigenvalue weighted by molar-refractivity contribution is -0.137. The van der Waals surface area contributed by atoms with E-state index in [0.29, 0.717) is 17.8 Å². The summed E-state index contributed by atoms with van der Waals surface area (Å²) in [5, 5.41) is 9.06. The molecule has 2 atom stereocenters. The predicted octanol–water partition coefficient (Wildman–Crippen LogP) is 5.30. The van der Waals surface area contributed by atoms with Crippen LogP contribution in [0.5, 0.6) is 6.01 Å². The third kappa shape index (κ3) is 4.04. The van der Waals surface area contributed by atoms with Crippen molar-refractivity contribution in [2.75, 3.05) is 37.9 Å². The Balaban J connectivity index is 1.62. The molecule has 2 aromatic carbocycles. The molecule has 0 aliphatic carbocycles. The van der Waals surface area contributed by atoms with Crippen molar-refractivity contribution in [1.82, 2.24) is 14.9 Å². The number of nitrogens with zero attached hydrogens (tertiary/aromatic N) is 5. The summed E-state index contributed by atoms with van der Waals surface area (Å²) in [6.07, 6.45) is -5.11. The maximum absolute atomic E-state index is 16.5. The molecule has 0 saturated carbocycles. The zero-order chi connectivity index (χ0) is 29.4. The van der Waals surface area contributed by atoms with Gasteiger partial charge in [-0.1, -0.05) is 6.07 Å². The minimum absolute atomic E-state index is 0.0379. The highest BCUT2D eigenvalue weighted by molar-refractivity contribution is 7.23. The first-order valence-electron chi connectivity index (χ1n) is 12.2. The lowest BCUT2D eigenvalue weighted by atomic mass is 9.92. The summed E-state index contributed by atoms with van der Waals surface area (Å²) in [6, 6.07) is 3.54. The van der Waals surface area contributed by atoms with Gasteiger partial charge in [-0.05, 0) is 24.1 Å². The molecule has 2 fully saturated rings. The number of nitrogen functional groups attached to an aromatic ring is 1. The summed E-state index contributed by atoms with van der Waals surface area (Å²) >= 11 is 0.683. The summed E-state index contributed by atoms with van der Waals surface area (Å²) in [4.78, 5) is 23.4. The van der Waals surface area contributed by atoms with Crippen molar-refractivity contribution in [1.29, 1.82) is 5.26 Å². The van der Waals surface area contributed by atoms with Crippen molar-refractivity contribution in [3.05, 3.63) is 41.0 Å². The number of nitriles is 1. The Morgan fingerprint density at radius 1 is 1.29 bits per heavy atom. The van der Waals surface area contributed by atoms with Crippen molar-refractivity contribution in [3.63, 3.8) is 0 Å². The molecule has 2 aromatic heterocycles. The maximum Gasteiger partial charge on any atom is 0.417 e. The lowest BCUT2D eigenvalue weighted by Gasteiger charge is -2.27. The van der Waals surface area contributed by atoms with E-state index in [1.54, 1.807) is 18.0 Å². The number of amides is 1. The van der Waals surface area contributed by atoms with Crippen LogP contribution in [0.25, 0.3) is 32.1 Å². The van der Waals surface area contributed by atoms with Crippen LogP contribution in [0.1, 0.15) is 17.5 Å². The van der Waals surface area contributed by atoms with Crippen LogP contribution < -0.4 is 15.4 Å². The van der Waals surface area contributed by atoms with Crippen LogP contribution >= 0.6 is 11.3 Å². The maximum atomic E-state index is 16.5. The second-order valence-electron chi connectivity index (χ2n) is 9.68. The molecule has 2 N–H and O–H groups in total. The van der Waals surface area contributed by atoms with Gasteiger partial charge in [-0.25, -0.2) is 13.6 Å². The summed E-state index contributed by atoms with van der Waals surface area (Å²) in [7, 11) is 2.81. The first-order valence-corrected chi connectivity index (χ1v) is 13.0. The van der Waals surface area contributed by atoms with E-state index in [2.05, 4.69) is 9.97 Å². The van der Waals surface area contributed by atoms with E-state index in [4.69, 9.17) is 15.2 Å². The monoisotopic (exact) mass is 590 g/mol. The van der Waals surface area contributed by atoms with Gasteiger partial charge in [-0.3, -0.25) is 4.90 Å². The minimum Gasteiger partial charge on any atom is -0.467 e. The molecular formula is C26H19F5N6O3S. The fourth-order valence-electron chi connectivity index (χ4n) is 5.52. The molecule has 2 unspecified atom stereocenters. The zero-order valence-corrected chi connectivity index (χ0v) is 22.2. The number of benzene rings is 2. The summed E-state index contributed by atoms with van der Waals surface area (Å²) in [6.45, 7) is 0.418. The van der Waals surface area contributed by atoms with Gasteiger partial charge in [-0.15, -0.1) is 11.3 Å². The number of methoxy groups -OCH3 is 1. The Hall–Kier alpha value is -4.45. The second kappa shape index (κ2) is 9.30. The number of hydrogen-bond donors (Lipinski definition) is 1. The highest BCUT2D eigenvalue weighted by Crippen LogP contribution is 2.48. The average molecular weight is 591 g/mol. The molecule has 4 aromatic rings. The van der Waals surface area contributed by atoms with Crippen LogP contribution in [0.2, 0.25) is 0 Å². The Bertz CT molecular complexity index is 1800.